The van der Waals surface area contributed by atoms with E-state index < -0.39 is 6.09 Å². The number of benzene rings is 2. The van der Waals surface area contributed by atoms with Crippen molar-refractivity contribution in [2.75, 3.05) is 18.0 Å². The second-order valence-corrected chi connectivity index (χ2v) is 9.56. The van der Waals surface area contributed by atoms with Crippen LogP contribution in [0.5, 0.6) is 5.75 Å². The van der Waals surface area contributed by atoms with Crippen LogP contribution in [0.15, 0.2) is 53.3 Å². The van der Waals surface area contributed by atoms with Gasteiger partial charge in [-0.3, -0.25) is 4.79 Å². The molecule has 1 aromatic heterocycles. The fourth-order valence-corrected chi connectivity index (χ4v) is 5.19. The summed E-state index contributed by atoms with van der Waals surface area (Å²) in [5.41, 5.74) is 4.17. The summed E-state index contributed by atoms with van der Waals surface area (Å²) < 4.78 is 8.11. The van der Waals surface area contributed by atoms with E-state index in [9.17, 15) is 9.59 Å². The van der Waals surface area contributed by atoms with Gasteiger partial charge in [-0.15, -0.1) is 0 Å². The maximum atomic E-state index is 13.2. The molecule has 5 rings (SSSR count). The van der Waals surface area contributed by atoms with Crippen molar-refractivity contribution < 1.29 is 14.6 Å². The number of nitrogens with one attached hydrogen (secondary N) is 1. The molecule has 0 unspecified atom stereocenters. The average molecular weight is 462 g/mol. The highest BCUT2D eigenvalue weighted by molar-refractivity contribution is 5.92. The molecule has 0 bridgehead atoms. The summed E-state index contributed by atoms with van der Waals surface area (Å²) in [4.78, 5) is 26.6. The number of hydrogen-bond donors (Lipinski definition) is 2. The van der Waals surface area contributed by atoms with Crippen molar-refractivity contribution in [2.45, 2.75) is 51.8 Å². The Bertz CT molecular complexity index is 1270. The Morgan fingerprint density at radius 3 is 2.65 bits per heavy atom. The summed E-state index contributed by atoms with van der Waals surface area (Å²) in [6.07, 6.45) is 1.98. The number of carboxylic acid groups (broad SMARTS) is 1. The second kappa shape index (κ2) is 9.05. The van der Waals surface area contributed by atoms with Crippen molar-refractivity contribution in [2.24, 2.45) is 5.92 Å². The summed E-state index contributed by atoms with van der Waals surface area (Å²) in [6, 6.07) is 15.9. The van der Waals surface area contributed by atoms with Crippen LogP contribution in [0.1, 0.15) is 43.4 Å². The Balaban J connectivity index is 1.50. The van der Waals surface area contributed by atoms with Crippen LogP contribution in [0.3, 0.4) is 0 Å². The molecule has 2 N–H and O–H groups in total. The molecule has 1 aliphatic carbocycles. The first-order valence-corrected chi connectivity index (χ1v) is 12.0. The summed E-state index contributed by atoms with van der Waals surface area (Å²) in [6.45, 7) is 6.07. The third kappa shape index (κ3) is 4.34. The third-order valence-corrected chi connectivity index (χ3v) is 7.17. The van der Waals surface area contributed by atoms with Crippen LogP contribution in [0.2, 0.25) is 0 Å². The van der Waals surface area contributed by atoms with Gasteiger partial charge in [-0.2, -0.15) is 0 Å². The van der Waals surface area contributed by atoms with Crippen LogP contribution in [0.4, 0.5) is 10.5 Å². The lowest BCUT2D eigenvalue weighted by molar-refractivity contribution is 0.186. The molecule has 2 heterocycles. The maximum absolute atomic E-state index is 13.2. The molecule has 2 aromatic carbocycles. The lowest BCUT2D eigenvalue weighted by atomic mass is 10.0. The molecule has 1 amide bonds. The minimum absolute atomic E-state index is 0.0168. The first-order chi connectivity index (χ1) is 16.4. The minimum atomic E-state index is -0.982. The number of amides is 1. The first-order valence-electron chi connectivity index (χ1n) is 12.0. The Morgan fingerprint density at radius 1 is 1.18 bits per heavy atom. The van der Waals surface area contributed by atoms with Crippen molar-refractivity contribution in [1.82, 2.24) is 9.88 Å². The molecule has 2 atom stereocenters. The largest absolute Gasteiger partial charge is 0.488 e. The van der Waals surface area contributed by atoms with Gasteiger partial charge >= 0.3 is 6.09 Å². The minimum Gasteiger partial charge on any atom is -0.488 e. The molecule has 1 saturated carbocycles. The van der Waals surface area contributed by atoms with Gasteiger partial charge in [0.25, 0.3) is 5.56 Å². The van der Waals surface area contributed by atoms with Gasteiger partial charge in [-0.05, 0) is 62.3 Å². The van der Waals surface area contributed by atoms with Crippen LogP contribution < -0.4 is 20.5 Å². The number of anilines is 1. The molecule has 2 fully saturated rings. The van der Waals surface area contributed by atoms with E-state index in [2.05, 4.69) is 29.3 Å². The Kier molecular flexibility index (Phi) is 5.94. The van der Waals surface area contributed by atoms with Crippen LogP contribution >= 0.6 is 0 Å². The third-order valence-electron chi connectivity index (χ3n) is 7.17. The van der Waals surface area contributed by atoms with E-state index in [1.165, 1.54) is 0 Å². The molecule has 1 saturated heterocycles. The van der Waals surface area contributed by atoms with E-state index in [1.807, 2.05) is 41.8 Å². The molecule has 0 spiro atoms. The van der Waals surface area contributed by atoms with E-state index in [4.69, 9.17) is 9.84 Å². The average Bonchev–Trinajstić information content (AvgIpc) is 3.53. The van der Waals surface area contributed by atoms with Gasteiger partial charge in [0.05, 0.1) is 5.52 Å². The van der Waals surface area contributed by atoms with Crippen LogP contribution in [0, 0.1) is 12.8 Å². The molecule has 3 aromatic rings. The summed E-state index contributed by atoms with van der Waals surface area (Å²) >= 11 is 0. The van der Waals surface area contributed by atoms with Gasteiger partial charge in [0.15, 0.2) is 0 Å². The second-order valence-electron chi connectivity index (χ2n) is 9.56. The van der Waals surface area contributed by atoms with Crippen molar-refractivity contribution >= 4 is 22.7 Å². The van der Waals surface area contributed by atoms with E-state index in [0.717, 1.165) is 60.1 Å². The number of hydrogen-bond acceptors (Lipinski definition) is 4. The zero-order valence-corrected chi connectivity index (χ0v) is 19.7. The quantitative estimate of drug-likeness (QED) is 0.533. The predicted octanol–water partition coefficient (Wildman–Crippen LogP) is 4.71. The molecule has 7 nitrogen and oxygen atoms in total. The Hall–Kier alpha value is -3.48. The van der Waals surface area contributed by atoms with Gasteiger partial charge in [-0.1, -0.05) is 30.3 Å². The van der Waals surface area contributed by atoms with Crippen molar-refractivity contribution in [3.05, 3.63) is 70.0 Å². The van der Waals surface area contributed by atoms with E-state index in [-0.39, 0.29) is 23.6 Å². The zero-order chi connectivity index (χ0) is 23.8. The fourth-order valence-electron chi connectivity index (χ4n) is 5.19. The standard InChI is InChI=1S/C27H31N3O4/c1-17-23(29-13-12-20(15-29)18(2)28-27(32)33)11-10-22-24(34-16-19-6-4-3-5-7-19)14-25(31)30(26(17)22)21-8-9-21/h3-7,10-11,14,18,20-21,28H,8-9,12-13,15-16H2,1-2H3,(H,32,33)/t18-,20+/m0/s1. The monoisotopic (exact) mass is 461 g/mol. The number of fused-ring (bicyclic) bond motifs is 1. The molecule has 0 radical (unpaired) electrons. The SMILES string of the molecule is Cc1c(N2CC[C@@H]([C@H](C)NC(=O)O)C2)ccc2c(OCc3ccccc3)cc(=O)n(C3CC3)c12. The molecule has 34 heavy (non-hydrogen) atoms. The highest BCUT2D eigenvalue weighted by Gasteiger charge is 2.31. The molecule has 1 aliphatic heterocycles. The molecular weight excluding hydrogens is 430 g/mol. The zero-order valence-electron chi connectivity index (χ0n) is 19.7. The number of carbonyl (C=O) groups is 1. The highest BCUT2D eigenvalue weighted by Crippen LogP contribution is 2.41. The molecule has 7 heteroatoms. The number of aromatic nitrogens is 1. The van der Waals surface area contributed by atoms with Crippen LogP contribution in [0.25, 0.3) is 10.9 Å². The van der Waals surface area contributed by atoms with Crippen molar-refractivity contribution in [1.29, 1.82) is 0 Å². The summed E-state index contributed by atoms with van der Waals surface area (Å²) in [7, 11) is 0. The van der Waals surface area contributed by atoms with E-state index >= 15 is 0 Å². The summed E-state index contributed by atoms with van der Waals surface area (Å²) in [5, 5.41) is 12.6. The normalized spacial score (nSPS) is 18.8. The molecule has 2 aliphatic rings. The maximum Gasteiger partial charge on any atom is 0.404 e. The number of rotatable bonds is 7. The van der Waals surface area contributed by atoms with Gasteiger partial charge in [0.2, 0.25) is 0 Å². The number of nitrogens with zero attached hydrogens (tertiary/aromatic N) is 2. The summed E-state index contributed by atoms with van der Waals surface area (Å²) in [5.74, 6) is 0.867. The smallest absolute Gasteiger partial charge is 0.404 e. The van der Waals surface area contributed by atoms with Gasteiger partial charge in [0.1, 0.15) is 12.4 Å². The topological polar surface area (TPSA) is 83.8 Å². The molecular formula is C27H31N3O4. The number of aryl methyl sites for hydroxylation is 1. The van der Waals surface area contributed by atoms with Gasteiger partial charge in [0, 0.05) is 42.3 Å². The van der Waals surface area contributed by atoms with Crippen LogP contribution in [-0.4, -0.2) is 34.9 Å². The lowest BCUT2D eigenvalue weighted by Crippen LogP contribution is -2.38. The lowest BCUT2D eigenvalue weighted by Gasteiger charge is -2.25. The Labute approximate surface area is 199 Å². The van der Waals surface area contributed by atoms with Gasteiger partial charge < -0.3 is 24.6 Å². The number of pyridine rings is 1. The number of ether oxygens (including phenoxy) is 1. The van der Waals surface area contributed by atoms with E-state index in [1.54, 1.807) is 6.07 Å². The highest BCUT2D eigenvalue weighted by atomic mass is 16.5. The van der Waals surface area contributed by atoms with Crippen molar-refractivity contribution in [3.8, 4) is 5.75 Å². The first kappa shape index (κ1) is 22.3. The van der Waals surface area contributed by atoms with Gasteiger partial charge in [-0.25, -0.2) is 4.79 Å². The fraction of sp³-hybridized carbons (Fsp3) is 0.407. The predicted molar refractivity (Wildman–Crippen MR) is 133 cm³/mol. The van der Waals surface area contributed by atoms with E-state index in [0.29, 0.717) is 12.4 Å². The Morgan fingerprint density at radius 2 is 1.94 bits per heavy atom. The molecule has 178 valence electrons. The van der Waals surface area contributed by atoms with Crippen LogP contribution in [-0.2, 0) is 6.61 Å². The van der Waals surface area contributed by atoms with Crippen molar-refractivity contribution in [3.63, 3.8) is 0 Å².